The molecule has 2 aromatic heterocycles. The van der Waals surface area contributed by atoms with Gasteiger partial charge in [-0.2, -0.15) is 0 Å². The summed E-state index contributed by atoms with van der Waals surface area (Å²) in [5.41, 5.74) is 2.04. The Kier molecular flexibility index (Phi) is 1.65. The predicted molar refractivity (Wildman–Crippen MR) is 55.3 cm³/mol. The van der Waals surface area contributed by atoms with Crippen LogP contribution in [0.2, 0.25) is 0 Å². The zero-order valence-corrected chi connectivity index (χ0v) is 8.59. The first kappa shape index (κ1) is 8.59. The fraction of sp³-hybridized carbons (Fsp3) is 0.364. The van der Waals surface area contributed by atoms with E-state index < -0.39 is 0 Å². The van der Waals surface area contributed by atoms with Crippen molar-refractivity contribution in [1.82, 2.24) is 20.0 Å². The highest BCUT2D eigenvalue weighted by atomic mass is 15.5. The minimum Gasteiger partial charge on any atom is -0.259 e. The molecule has 2 aromatic rings. The molecule has 0 spiro atoms. The lowest BCUT2D eigenvalue weighted by Gasteiger charge is -2.13. The van der Waals surface area contributed by atoms with Gasteiger partial charge < -0.3 is 0 Å². The van der Waals surface area contributed by atoms with Crippen molar-refractivity contribution in [2.45, 2.75) is 25.3 Å². The first-order chi connectivity index (χ1) is 7.31. The molecule has 0 atom stereocenters. The molecule has 2 heterocycles. The highest BCUT2D eigenvalue weighted by Gasteiger charge is 2.48. The number of rotatable bonds is 2. The van der Waals surface area contributed by atoms with Crippen LogP contribution in [0.1, 0.15) is 24.2 Å². The van der Waals surface area contributed by atoms with Crippen LogP contribution in [0.25, 0.3) is 0 Å². The van der Waals surface area contributed by atoms with Crippen molar-refractivity contribution in [3.8, 4) is 0 Å². The lowest BCUT2D eigenvalue weighted by atomic mass is 10.1. The zero-order valence-electron chi connectivity index (χ0n) is 8.59. The summed E-state index contributed by atoms with van der Waals surface area (Å²) < 4.78 is 1.95. The standard InChI is InChI=1S/C11H12N4/c1-9-8-15(14-13-9)11(5-6-11)10-4-2-3-7-12-10/h2-4,7-8H,5-6H2,1H3. The van der Waals surface area contributed by atoms with Gasteiger partial charge in [0.2, 0.25) is 0 Å². The lowest BCUT2D eigenvalue weighted by Crippen LogP contribution is -2.20. The highest BCUT2D eigenvalue weighted by Crippen LogP contribution is 2.47. The van der Waals surface area contributed by atoms with E-state index in [9.17, 15) is 0 Å². The van der Waals surface area contributed by atoms with Gasteiger partial charge in [-0.15, -0.1) is 5.10 Å². The quantitative estimate of drug-likeness (QED) is 0.738. The monoisotopic (exact) mass is 200 g/mol. The Morgan fingerprint density at radius 2 is 2.20 bits per heavy atom. The molecule has 1 aliphatic carbocycles. The fourth-order valence-corrected chi connectivity index (χ4v) is 1.92. The predicted octanol–water partition coefficient (Wildman–Crippen LogP) is 1.52. The van der Waals surface area contributed by atoms with E-state index in [1.807, 2.05) is 36.1 Å². The summed E-state index contributed by atoms with van der Waals surface area (Å²) >= 11 is 0. The van der Waals surface area contributed by atoms with E-state index in [2.05, 4.69) is 21.4 Å². The molecule has 4 heteroatoms. The number of hydrogen-bond donors (Lipinski definition) is 0. The van der Waals surface area contributed by atoms with Crippen LogP contribution in [-0.2, 0) is 5.54 Å². The van der Waals surface area contributed by atoms with Crippen molar-refractivity contribution >= 4 is 0 Å². The van der Waals surface area contributed by atoms with Crippen molar-refractivity contribution in [1.29, 1.82) is 0 Å². The molecule has 0 amide bonds. The van der Waals surface area contributed by atoms with Gasteiger partial charge in [-0.3, -0.25) is 4.98 Å². The molecule has 0 aromatic carbocycles. The second-order valence-electron chi connectivity index (χ2n) is 4.05. The van der Waals surface area contributed by atoms with Gasteiger partial charge in [0, 0.05) is 12.4 Å². The van der Waals surface area contributed by atoms with E-state index in [-0.39, 0.29) is 5.54 Å². The molecule has 76 valence electrons. The summed E-state index contributed by atoms with van der Waals surface area (Å²) in [7, 11) is 0. The minimum atomic E-state index is -0.0114. The van der Waals surface area contributed by atoms with E-state index in [1.54, 1.807) is 0 Å². The van der Waals surface area contributed by atoms with Gasteiger partial charge in [0.05, 0.1) is 11.4 Å². The van der Waals surface area contributed by atoms with E-state index in [0.29, 0.717) is 0 Å². The topological polar surface area (TPSA) is 43.6 Å². The summed E-state index contributed by atoms with van der Waals surface area (Å²) in [6.07, 6.45) is 6.03. The third-order valence-electron chi connectivity index (χ3n) is 2.91. The lowest BCUT2D eigenvalue weighted by molar-refractivity contribution is 0.479. The average Bonchev–Trinajstić information content (AvgIpc) is 2.98. The van der Waals surface area contributed by atoms with E-state index >= 15 is 0 Å². The number of hydrogen-bond acceptors (Lipinski definition) is 3. The molecular weight excluding hydrogens is 188 g/mol. The molecule has 0 radical (unpaired) electrons. The van der Waals surface area contributed by atoms with Gasteiger partial charge in [0.25, 0.3) is 0 Å². The summed E-state index contributed by atoms with van der Waals surface area (Å²) in [4.78, 5) is 4.41. The summed E-state index contributed by atoms with van der Waals surface area (Å²) in [5.74, 6) is 0. The number of nitrogens with zero attached hydrogens (tertiary/aromatic N) is 4. The zero-order chi connectivity index (χ0) is 10.3. The summed E-state index contributed by atoms with van der Waals surface area (Å²) in [6, 6.07) is 6.02. The average molecular weight is 200 g/mol. The fourth-order valence-electron chi connectivity index (χ4n) is 1.92. The Bertz CT molecular complexity index is 470. The second kappa shape index (κ2) is 2.89. The first-order valence-corrected chi connectivity index (χ1v) is 5.12. The van der Waals surface area contributed by atoms with Crippen LogP contribution in [0, 0.1) is 6.92 Å². The number of aromatic nitrogens is 4. The van der Waals surface area contributed by atoms with Crippen LogP contribution in [0.15, 0.2) is 30.6 Å². The summed E-state index contributed by atoms with van der Waals surface area (Å²) in [6.45, 7) is 1.96. The smallest absolute Gasteiger partial charge is 0.106 e. The molecule has 0 unspecified atom stereocenters. The minimum absolute atomic E-state index is 0.0114. The molecule has 15 heavy (non-hydrogen) atoms. The number of aryl methyl sites for hydroxylation is 1. The van der Waals surface area contributed by atoms with Crippen molar-refractivity contribution in [2.24, 2.45) is 0 Å². The Morgan fingerprint density at radius 1 is 1.33 bits per heavy atom. The van der Waals surface area contributed by atoms with Gasteiger partial charge in [-0.1, -0.05) is 11.3 Å². The maximum Gasteiger partial charge on any atom is 0.106 e. The van der Waals surface area contributed by atoms with E-state index in [4.69, 9.17) is 0 Å². The molecule has 4 nitrogen and oxygen atoms in total. The van der Waals surface area contributed by atoms with Crippen LogP contribution in [0.3, 0.4) is 0 Å². The van der Waals surface area contributed by atoms with E-state index in [1.165, 1.54) is 0 Å². The third kappa shape index (κ3) is 1.25. The van der Waals surface area contributed by atoms with Crippen LogP contribution < -0.4 is 0 Å². The maximum atomic E-state index is 4.41. The molecule has 0 N–H and O–H groups in total. The SMILES string of the molecule is Cc1cn(C2(c3ccccn3)CC2)nn1. The van der Waals surface area contributed by atoms with Crippen molar-refractivity contribution < 1.29 is 0 Å². The Hall–Kier alpha value is -1.71. The largest absolute Gasteiger partial charge is 0.259 e. The molecular formula is C11H12N4. The van der Waals surface area contributed by atoms with Crippen molar-refractivity contribution in [2.75, 3.05) is 0 Å². The Balaban J connectivity index is 2.05. The van der Waals surface area contributed by atoms with Gasteiger partial charge >= 0.3 is 0 Å². The van der Waals surface area contributed by atoms with Gasteiger partial charge in [0.1, 0.15) is 5.54 Å². The normalized spacial score (nSPS) is 17.7. The van der Waals surface area contributed by atoms with Crippen LogP contribution in [0.4, 0.5) is 0 Å². The Labute approximate surface area is 88.0 Å². The molecule has 0 saturated heterocycles. The number of pyridine rings is 1. The molecule has 0 aliphatic heterocycles. The molecule has 1 saturated carbocycles. The maximum absolute atomic E-state index is 4.41. The van der Waals surface area contributed by atoms with Crippen molar-refractivity contribution in [3.05, 3.63) is 42.0 Å². The molecule has 1 fully saturated rings. The third-order valence-corrected chi connectivity index (χ3v) is 2.91. The summed E-state index contributed by atoms with van der Waals surface area (Å²) in [5, 5.41) is 8.19. The Morgan fingerprint density at radius 3 is 2.73 bits per heavy atom. The first-order valence-electron chi connectivity index (χ1n) is 5.12. The highest BCUT2D eigenvalue weighted by molar-refractivity contribution is 5.24. The van der Waals surface area contributed by atoms with Crippen LogP contribution in [-0.4, -0.2) is 20.0 Å². The second-order valence-corrected chi connectivity index (χ2v) is 4.05. The van der Waals surface area contributed by atoms with Gasteiger partial charge in [-0.05, 0) is 31.9 Å². The van der Waals surface area contributed by atoms with Crippen molar-refractivity contribution in [3.63, 3.8) is 0 Å². The molecule has 0 bridgehead atoms. The van der Waals surface area contributed by atoms with Crippen LogP contribution in [0.5, 0.6) is 0 Å². The van der Waals surface area contributed by atoms with Gasteiger partial charge in [0.15, 0.2) is 0 Å². The molecule has 1 aliphatic rings. The van der Waals surface area contributed by atoms with E-state index in [0.717, 1.165) is 24.2 Å². The van der Waals surface area contributed by atoms with Gasteiger partial charge in [-0.25, -0.2) is 4.68 Å². The van der Waals surface area contributed by atoms with Crippen LogP contribution >= 0.6 is 0 Å². The molecule has 3 rings (SSSR count).